The maximum atomic E-state index is 12.9. The Morgan fingerprint density at radius 2 is 1.94 bits per heavy atom. The van der Waals surface area contributed by atoms with Crippen molar-refractivity contribution in [1.29, 1.82) is 0 Å². The van der Waals surface area contributed by atoms with Crippen molar-refractivity contribution in [1.82, 2.24) is 5.32 Å². The van der Waals surface area contributed by atoms with E-state index in [1.54, 1.807) is 6.92 Å². The van der Waals surface area contributed by atoms with Crippen molar-refractivity contribution in [2.24, 2.45) is 11.8 Å². The number of amides is 1. The van der Waals surface area contributed by atoms with Gasteiger partial charge in [0.05, 0.1) is 5.92 Å². The lowest BCUT2D eigenvalue weighted by Gasteiger charge is -2.27. The van der Waals surface area contributed by atoms with Crippen molar-refractivity contribution < 1.29 is 23.5 Å². The second kappa shape index (κ2) is 6.11. The highest BCUT2D eigenvalue weighted by Gasteiger charge is 2.37. The third kappa shape index (κ3) is 4.23. The normalized spacial score (nSPS) is 21.3. The van der Waals surface area contributed by atoms with Crippen LogP contribution in [0, 0.1) is 11.8 Å². The van der Waals surface area contributed by atoms with Gasteiger partial charge in [-0.2, -0.15) is 0 Å². The molecule has 1 aliphatic rings. The fourth-order valence-corrected chi connectivity index (χ4v) is 2.08. The third-order valence-electron chi connectivity index (χ3n) is 3.45. The average molecular weight is 263 g/mol. The molecule has 1 rings (SSSR count). The molecule has 1 saturated carbocycles. The van der Waals surface area contributed by atoms with Crippen LogP contribution in [0.15, 0.2) is 0 Å². The first-order valence-electron chi connectivity index (χ1n) is 6.24. The van der Waals surface area contributed by atoms with E-state index in [0.29, 0.717) is 6.42 Å². The minimum atomic E-state index is -2.65. The summed E-state index contributed by atoms with van der Waals surface area (Å²) in [6, 6.07) is 0. The highest BCUT2D eigenvalue weighted by molar-refractivity contribution is 5.79. The van der Waals surface area contributed by atoms with Crippen molar-refractivity contribution in [3.63, 3.8) is 0 Å². The summed E-state index contributed by atoms with van der Waals surface area (Å²) in [7, 11) is 0. The predicted octanol–water partition coefficient (Wildman–Crippen LogP) is 2.04. The Morgan fingerprint density at radius 1 is 1.39 bits per heavy atom. The molecule has 0 aromatic rings. The summed E-state index contributed by atoms with van der Waals surface area (Å²) >= 11 is 0. The second-order valence-electron chi connectivity index (χ2n) is 4.82. The van der Waals surface area contributed by atoms with Gasteiger partial charge in [0.15, 0.2) is 0 Å². The van der Waals surface area contributed by atoms with Gasteiger partial charge in [-0.05, 0) is 19.3 Å². The van der Waals surface area contributed by atoms with Gasteiger partial charge in [0.1, 0.15) is 0 Å². The molecule has 0 aromatic carbocycles. The number of nitrogens with one attached hydrogen (secondary N) is 1. The van der Waals surface area contributed by atoms with Gasteiger partial charge in [0.25, 0.3) is 0 Å². The zero-order chi connectivity index (χ0) is 13.8. The standard InChI is InChI=1S/C12H19F2NO3/c1-2-8(11(17)18)7-15-10(16)9-3-5-12(13,14)6-4-9/h8-9H,2-7H2,1H3,(H,15,16)(H,17,18). The molecule has 1 amide bonds. The van der Waals surface area contributed by atoms with Gasteiger partial charge in [-0.1, -0.05) is 6.92 Å². The Hall–Kier alpha value is -1.20. The zero-order valence-electron chi connectivity index (χ0n) is 10.4. The average Bonchev–Trinajstić information content (AvgIpc) is 2.29. The predicted molar refractivity (Wildman–Crippen MR) is 61.3 cm³/mol. The van der Waals surface area contributed by atoms with Crippen molar-refractivity contribution >= 4 is 11.9 Å². The Bertz CT molecular complexity index is 310. The maximum Gasteiger partial charge on any atom is 0.308 e. The maximum absolute atomic E-state index is 12.9. The van der Waals surface area contributed by atoms with Crippen LogP contribution in [0.5, 0.6) is 0 Å². The SMILES string of the molecule is CCC(CNC(=O)C1CCC(F)(F)CC1)C(=O)O. The smallest absolute Gasteiger partial charge is 0.308 e. The molecule has 1 atom stereocenters. The highest BCUT2D eigenvalue weighted by atomic mass is 19.3. The van der Waals surface area contributed by atoms with Gasteiger partial charge in [-0.3, -0.25) is 9.59 Å². The van der Waals surface area contributed by atoms with Crippen molar-refractivity contribution in [3.8, 4) is 0 Å². The molecule has 4 nitrogen and oxygen atoms in total. The number of halogens is 2. The molecule has 1 aliphatic carbocycles. The van der Waals surface area contributed by atoms with Crippen LogP contribution >= 0.6 is 0 Å². The van der Waals surface area contributed by atoms with E-state index in [-0.39, 0.29) is 38.1 Å². The van der Waals surface area contributed by atoms with Crippen LogP contribution < -0.4 is 5.32 Å². The molecule has 0 bridgehead atoms. The molecule has 1 fully saturated rings. The van der Waals surface area contributed by atoms with E-state index in [2.05, 4.69) is 5.32 Å². The molecule has 18 heavy (non-hydrogen) atoms. The number of hydrogen-bond donors (Lipinski definition) is 2. The number of hydrogen-bond acceptors (Lipinski definition) is 2. The van der Waals surface area contributed by atoms with Gasteiger partial charge in [0.2, 0.25) is 11.8 Å². The monoisotopic (exact) mass is 263 g/mol. The molecule has 0 heterocycles. The summed E-state index contributed by atoms with van der Waals surface area (Å²) in [4.78, 5) is 22.5. The van der Waals surface area contributed by atoms with Crippen LogP contribution in [-0.2, 0) is 9.59 Å². The molecular formula is C12H19F2NO3. The van der Waals surface area contributed by atoms with Crippen LogP contribution in [0.2, 0.25) is 0 Å². The third-order valence-corrected chi connectivity index (χ3v) is 3.45. The summed E-state index contributed by atoms with van der Waals surface area (Å²) in [6.07, 6.45) is 0.242. The molecule has 2 N–H and O–H groups in total. The molecule has 0 saturated heterocycles. The number of alkyl halides is 2. The summed E-state index contributed by atoms with van der Waals surface area (Å²) < 4.78 is 25.8. The first-order chi connectivity index (χ1) is 8.35. The Morgan fingerprint density at radius 3 is 2.39 bits per heavy atom. The molecule has 0 spiro atoms. The fourth-order valence-electron chi connectivity index (χ4n) is 2.08. The second-order valence-corrected chi connectivity index (χ2v) is 4.82. The topological polar surface area (TPSA) is 66.4 Å². The van der Waals surface area contributed by atoms with Crippen LogP contribution in [0.25, 0.3) is 0 Å². The van der Waals surface area contributed by atoms with Gasteiger partial charge in [-0.25, -0.2) is 8.78 Å². The van der Waals surface area contributed by atoms with Crippen molar-refractivity contribution in [3.05, 3.63) is 0 Å². The van der Waals surface area contributed by atoms with Crippen LogP contribution in [0.3, 0.4) is 0 Å². The van der Waals surface area contributed by atoms with Gasteiger partial charge >= 0.3 is 5.97 Å². The number of carboxylic acids is 1. The largest absolute Gasteiger partial charge is 0.481 e. The van der Waals surface area contributed by atoms with Crippen LogP contribution in [-0.4, -0.2) is 29.5 Å². The fraction of sp³-hybridized carbons (Fsp3) is 0.833. The van der Waals surface area contributed by atoms with Gasteiger partial charge in [0, 0.05) is 25.3 Å². The minimum absolute atomic E-state index is 0.0670. The number of rotatable bonds is 5. The lowest BCUT2D eigenvalue weighted by Crippen LogP contribution is -2.39. The number of aliphatic carboxylic acids is 1. The molecule has 0 aliphatic heterocycles. The molecule has 0 aromatic heterocycles. The van der Waals surface area contributed by atoms with E-state index in [1.807, 2.05) is 0 Å². The van der Waals surface area contributed by atoms with Crippen molar-refractivity contribution in [2.75, 3.05) is 6.54 Å². The van der Waals surface area contributed by atoms with Crippen LogP contribution in [0.1, 0.15) is 39.0 Å². The van der Waals surface area contributed by atoms with Crippen LogP contribution in [0.4, 0.5) is 8.78 Å². The molecule has 104 valence electrons. The van der Waals surface area contributed by atoms with E-state index in [1.165, 1.54) is 0 Å². The summed E-state index contributed by atoms with van der Waals surface area (Å²) in [5.41, 5.74) is 0. The summed E-state index contributed by atoms with van der Waals surface area (Å²) in [5.74, 6) is -4.92. The Kier molecular flexibility index (Phi) is 5.04. The summed E-state index contributed by atoms with van der Waals surface area (Å²) in [5, 5.41) is 11.4. The first kappa shape index (κ1) is 14.9. The van der Waals surface area contributed by atoms with Gasteiger partial charge in [-0.15, -0.1) is 0 Å². The quantitative estimate of drug-likeness (QED) is 0.797. The van der Waals surface area contributed by atoms with E-state index in [9.17, 15) is 18.4 Å². The lowest BCUT2D eigenvalue weighted by molar-refractivity contribution is -0.141. The number of carboxylic acid groups (broad SMARTS) is 1. The Labute approximate surface area is 105 Å². The first-order valence-corrected chi connectivity index (χ1v) is 6.24. The Balaban J connectivity index is 2.36. The van der Waals surface area contributed by atoms with E-state index >= 15 is 0 Å². The lowest BCUT2D eigenvalue weighted by atomic mass is 9.86. The number of carbonyl (C=O) groups is 2. The number of carbonyl (C=O) groups excluding carboxylic acids is 1. The van der Waals surface area contributed by atoms with Gasteiger partial charge < -0.3 is 10.4 Å². The van der Waals surface area contributed by atoms with E-state index in [0.717, 1.165) is 0 Å². The van der Waals surface area contributed by atoms with Crippen molar-refractivity contribution in [2.45, 2.75) is 45.0 Å². The molecular weight excluding hydrogens is 244 g/mol. The highest BCUT2D eigenvalue weighted by Crippen LogP contribution is 2.36. The molecule has 1 unspecified atom stereocenters. The summed E-state index contributed by atoms with van der Waals surface area (Å²) in [6.45, 7) is 1.80. The molecule has 0 radical (unpaired) electrons. The molecule has 6 heteroatoms. The van der Waals surface area contributed by atoms with E-state index < -0.39 is 23.7 Å². The van der Waals surface area contributed by atoms with E-state index in [4.69, 9.17) is 5.11 Å². The minimum Gasteiger partial charge on any atom is -0.481 e. The zero-order valence-corrected chi connectivity index (χ0v) is 10.4.